The van der Waals surface area contributed by atoms with Crippen molar-refractivity contribution in [2.75, 3.05) is 5.75 Å². The summed E-state index contributed by atoms with van der Waals surface area (Å²) in [5.74, 6) is -0.161. The van der Waals surface area contributed by atoms with Crippen LogP contribution in [0.25, 0.3) is 0 Å². The lowest BCUT2D eigenvalue weighted by Gasteiger charge is -2.10. The third-order valence-corrected chi connectivity index (χ3v) is 6.62. The monoisotopic (exact) mass is 480 g/mol. The van der Waals surface area contributed by atoms with Crippen molar-refractivity contribution < 1.29 is 33.0 Å². The first-order valence-electron chi connectivity index (χ1n) is 7.80. The standard InChI is InChI=1S/C17H16BrF2O5PS/c18-16-9-12(6-7-14(16)11-26(23,24-19)25-20)3-2-8-27-15-5-1-4-13(10-15)17(21)22/h1,4-7,9-10H,2-3,8,11H2,(H,21,22). The smallest absolute Gasteiger partial charge is 0.399 e. The van der Waals surface area contributed by atoms with Gasteiger partial charge in [-0.15, -0.1) is 21.2 Å². The van der Waals surface area contributed by atoms with E-state index in [2.05, 4.69) is 25.4 Å². The van der Waals surface area contributed by atoms with Crippen molar-refractivity contribution in [1.29, 1.82) is 0 Å². The highest BCUT2D eigenvalue weighted by Crippen LogP contribution is 2.52. The molecule has 0 bridgehead atoms. The van der Waals surface area contributed by atoms with E-state index in [-0.39, 0.29) is 5.56 Å². The van der Waals surface area contributed by atoms with Crippen LogP contribution >= 0.6 is 35.3 Å². The van der Waals surface area contributed by atoms with E-state index in [1.54, 1.807) is 48.2 Å². The molecule has 0 aliphatic carbocycles. The number of thioether (sulfide) groups is 1. The number of aryl methyl sites for hydroxylation is 1. The van der Waals surface area contributed by atoms with E-state index < -0.39 is 19.7 Å². The maximum absolute atomic E-state index is 12.2. The van der Waals surface area contributed by atoms with Gasteiger partial charge < -0.3 is 5.11 Å². The van der Waals surface area contributed by atoms with Crippen molar-refractivity contribution in [3.63, 3.8) is 0 Å². The Kier molecular flexibility index (Phi) is 8.44. The third kappa shape index (κ3) is 6.69. The molecule has 5 nitrogen and oxygen atoms in total. The molecule has 0 amide bonds. The first-order chi connectivity index (χ1) is 12.9. The summed E-state index contributed by atoms with van der Waals surface area (Å²) in [6, 6.07) is 11.9. The van der Waals surface area contributed by atoms with E-state index in [4.69, 9.17) is 5.11 Å². The van der Waals surface area contributed by atoms with E-state index in [0.29, 0.717) is 10.0 Å². The van der Waals surface area contributed by atoms with Crippen LogP contribution in [0.1, 0.15) is 27.9 Å². The predicted molar refractivity (Wildman–Crippen MR) is 102 cm³/mol. The topological polar surface area (TPSA) is 72.8 Å². The number of hydrogen-bond donors (Lipinski definition) is 1. The van der Waals surface area contributed by atoms with Crippen molar-refractivity contribution in [3.05, 3.63) is 63.6 Å². The molecule has 0 fully saturated rings. The minimum Gasteiger partial charge on any atom is -0.478 e. The van der Waals surface area contributed by atoms with Crippen LogP contribution in [0.2, 0.25) is 0 Å². The maximum atomic E-state index is 12.2. The van der Waals surface area contributed by atoms with Crippen LogP contribution in [0.5, 0.6) is 0 Å². The molecule has 0 aliphatic rings. The SMILES string of the molecule is O=C(O)c1cccc(SCCCc2ccc(CP(=O)(OF)OF)c(Br)c2)c1. The lowest BCUT2D eigenvalue weighted by molar-refractivity contribution is -0.0881. The van der Waals surface area contributed by atoms with Gasteiger partial charge in [0.05, 0.1) is 11.7 Å². The van der Waals surface area contributed by atoms with Crippen LogP contribution < -0.4 is 0 Å². The highest BCUT2D eigenvalue weighted by Gasteiger charge is 2.29. The Morgan fingerprint density at radius 1 is 1.19 bits per heavy atom. The van der Waals surface area contributed by atoms with Crippen molar-refractivity contribution >= 4 is 41.3 Å². The molecule has 2 rings (SSSR count). The van der Waals surface area contributed by atoms with Gasteiger partial charge in [-0.1, -0.05) is 34.1 Å². The number of carboxylic acid groups (broad SMARTS) is 1. The molecule has 0 unspecified atom stereocenters. The molecule has 1 N–H and O–H groups in total. The van der Waals surface area contributed by atoms with Gasteiger partial charge in [0.25, 0.3) is 0 Å². The molecule has 0 saturated heterocycles. The Labute approximate surface area is 167 Å². The Bertz CT molecular complexity index is 844. The van der Waals surface area contributed by atoms with Gasteiger partial charge in [0, 0.05) is 9.37 Å². The molecule has 0 saturated carbocycles. The number of carbonyl (C=O) groups is 1. The molecule has 27 heavy (non-hydrogen) atoms. The Morgan fingerprint density at radius 2 is 1.93 bits per heavy atom. The van der Waals surface area contributed by atoms with Gasteiger partial charge >= 0.3 is 13.6 Å². The van der Waals surface area contributed by atoms with Crippen molar-refractivity contribution in [2.45, 2.75) is 23.9 Å². The molecule has 0 aromatic heterocycles. The predicted octanol–water partition coefficient (Wildman–Crippen LogP) is 6.37. The van der Waals surface area contributed by atoms with Gasteiger partial charge in [-0.05, 0) is 63.0 Å². The minimum atomic E-state index is -4.42. The third-order valence-electron chi connectivity index (χ3n) is 3.65. The lowest BCUT2D eigenvalue weighted by Crippen LogP contribution is -1.96. The van der Waals surface area contributed by atoms with E-state index >= 15 is 0 Å². The van der Waals surface area contributed by atoms with Crippen molar-refractivity contribution in [2.24, 2.45) is 0 Å². The zero-order chi connectivity index (χ0) is 19.9. The number of aromatic carboxylic acids is 1. The summed E-state index contributed by atoms with van der Waals surface area (Å²) in [7, 11) is -4.42. The molecule has 146 valence electrons. The molecule has 0 spiro atoms. The Balaban J connectivity index is 1.88. The zero-order valence-corrected chi connectivity index (χ0v) is 17.2. The largest absolute Gasteiger partial charge is 0.478 e. The summed E-state index contributed by atoms with van der Waals surface area (Å²) in [5.41, 5.74) is 1.64. The molecule has 0 radical (unpaired) electrons. The van der Waals surface area contributed by atoms with Crippen LogP contribution in [0, 0.1) is 0 Å². The number of rotatable bonds is 10. The van der Waals surface area contributed by atoms with Crippen LogP contribution in [0.15, 0.2) is 51.8 Å². The van der Waals surface area contributed by atoms with Gasteiger partial charge in [0.1, 0.15) is 0 Å². The number of halogens is 3. The first kappa shape index (κ1) is 22.0. The van der Waals surface area contributed by atoms with Crippen molar-refractivity contribution in [3.8, 4) is 0 Å². The molecule has 2 aromatic carbocycles. The summed E-state index contributed by atoms with van der Waals surface area (Å²) in [6.07, 6.45) is 1.06. The lowest BCUT2D eigenvalue weighted by atomic mass is 10.1. The molecule has 0 aliphatic heterocycles. The highest BCUT2D eigenvalue weighted by atomic mass is 79.9. The summed E-state index contributed by atoms with van der Waals surface area (Å²) in [5, 5.41) is 8.99. The minimum absolute atomic E-state index is 0.256. The Hall–Kier alpha value is -1.25. The molecule has 0 heterocycles. The van der Waals surface area contributed by atoms with Gasteiger partial charge in [-0.2, -0.15) is 0 Å². The van der Waals surface area contributed by atoms with E-state index in [1.807, 2.05) is 6.07 Å². The first-order valence-corrected chi connectivity index (χ1v) is 11.3. The summed E-state index contributed by atoms with van der Waals surface area (Å²) in [4.78, 5) is 11.9. The van der Waals surface area contributed by atoms with Gasteiger partial charge in [-0.3, -0.25) is 4.57 Å². The van der Waals surface area contributed by atoms with Crippen LogP contribution in [0.3, 0.4) is 0 Å². The van der Waals surface area contributed by atoms with Gasteiger partial charge in [-0.25, -0.2) is 4.79 Å². The maximum Gasteiger partial charge on any atom is 0.399 e. The van der Waals surface area contributed by atoms with Crippen LogP contribution in [-0.4, -0.2) is 16.8 Å². The summed E-state index contributed by atoms with van der Waals surface area (Å²) < 4.78 is 42.7. The fraction of sp³-hybridized carbons (Fsp3) is 0.235. The second-order valence-electron chi connectivity index (χ2n) is 5.62. The average molecular weight is 481 g/mol. The fourth-order valence-electron chi connectivity index (χ4n) is 2.33. The van der Waals surface area contributed by atoms with Crippen molar-refractivity contribution in [1.82, 2.24) is 0 Å². The van der Waals surface area contributed by atoms with E-state index in [1.165, 1.54) is 0 Å². The van der Waals surface area contributed by atoms with Gasteiger partial charge in [0.15, 0.2) is 0 Å². The second kappa shape index (κ2) is 10.3. The quantitative estimate of drug-likeness (QED) is 0.242. The highest BCUT2D eigenvalue weighted by molar-refractivity contribution is 9.10. The number of hydrogen-bond acceptors (Lipinski definition) is 5. The summed E-state index contributed by atoms with van der Waals surface area (Å²) >= 11 is 4.85. The molecular formula is C17H16BrF2O5PS. The number of carboxylic acids is 1. The number of benzene rings is 2. The van der Waals surface area contributed by atoms with E-state index in [9.17, 15) is 18.4 Å². The second-order valence-corrected chi connectivity index (χ2v) is 9.45. The molecule has 0 atom stereocenters. The zero-order valence-electron chi connectivity index (χ0n) is 13.9. The fourth-order valence-corrected chi connectivity index (χ4v) is 4.83. The van der Waals surface area contributed by atoms with E-state index in [0.717, 1.165) is 29.1 Å². The molecular weight excluding hydrogens is 465 g/mol. The average Bonchev–Trinajstić information content (AvgIpc) is 2.67. The Morgan fingerprint density at radius 3 is 2.56 bits per heavy atom. The summed E-state index contributed by atoms with van der Waals surface area (Å²) in [6.45, 7) is 0. The molecule has 2 aromatic rings. The van der Waals surface area contributed by atoms with Crippen LogP contribution in [-0.2, 0) is 26.6 Å². The van der Waals surface area contributed by atoms with Gasteiger partial charge in [0.2, 0.25) is 0 Å². The molecule has 10 heteroatoms. The van der Waals surface area contributed by atoms with Crippen LogP contribution in [0.4, 0.5) is 9.05 Å². The normalized spacial score (nSPS) is 11.5.